The number of ether oxygens (including phenoxy) is 2. The van der Waals surface area contributed by atoms with Crippen LogP contribution in [0.5, 0.6) is 11.5 Å². The zero-order valence-corrected chi connectivity index (χ0v) is 18.9. The lowest BCUT2D eigenvalue weighted by Gasteiger charge is -2.21. The molecule has 2 aromatic carbocycles. The quantitative estimate of drug-likeness (QED) is 0.524. The highest BCUT2D eigenvalue weighted by atomic mass is 16.5. The molecule has 0 saturated heterocycles. The molecule has 0 radical (unpaired) electrons. The van der Waals surface area contributed by atoms with Gasteiger partial charge >= 0.3 is 5.97 Å². The number of benzene rings is 2. The Morgan fingerprint density at radius 1 is 0.839 bits per heavy atom. The van der Waals surface area contributed by atoms with Crippen LogP contribution in [0.4, 0.5) is 0 Å². The van der Waals surface area contributed by atoms with Crippen LogP contribution >= 0.6 is 0 Å². The molecule has 1 aromatic heterocycles. The molecule has 3 aromatic rings. The zero-order chi connectivity index (χ0) is 22.8. The molecule has 31 heavy (non-hydrogen) atoms. The lowest BCUT2D eigenvalue weighted by Crippen LogP contribution is -2.22. The molecule has 0 unspecified atom stereocenters. The van der Waals surface area contributed by atoms with Gasteiger partial charge in [0, 0.05) is 5.56 Å². The largest absolute Gasteiger partial charge is 0.488 e. The number of carboxylic acid groups (broad SMARTS) is 1. The van der Waals surface area contributed by atoms with E-state index in [1.54, 1.807) is 0 Å². The Hall–Kier alpha value is -3.28. The predicted molar refractivity (Wildman–Crippen MR) is 119 cm³/mol. The van der Waals surface area contributed by atoms with E-state index in [9.17, 15) is 9.90 Å². The molecule has 164 valence electrons. The fourth-order valence-corrected chi connectivity index (χ4v) is 3.15. The van der Waals surface area contributed by atoms with Crippen molar-refractivity contribution >= 4 is 5.97 Å². The Bertz CT molecular complexity index is 1040. The fourth-order valence-electron chi connectivity index (χ4n) is 3.15. The van der Waals surface area contributed by atoms with Gasteiger partial charge in [-0.05, 0) is 83.5 Å². The molecule has 0 fully saturated rings. The summed E-state index contributed by atoms with van der Waals surface area (Å²) in [6, 6.07) is 15.0. The lowest BCUT2D eigenvalue weighted by atomic mass is 9.98. The van der Waals surface area contributed by atoms with Gasteiger partial charge in [0.15, 0.2) is 5.76 Å². The van der Waals surface area contributed by atoms with Gasteiger partial charge in [0.2, 0.25) is 0 Å². The van der Waals surface area contributed by atoms with Crippen molar-refractivity contribution in [3.8, 4) is 33.9 Å². The normalized spacial score (nSPS) is 11.9. The van der Waals surface area contributed by atoms with E-state index in [2.05, 4.69) is 5.16 Å². The SMILES string of the molecule is CC(C)(C)Oc1ccc(-c2noc(CC(=O)O)c2-c2ccc(OC(C)(C)C)cc2)cc1. The second-order valence-electron chi connectivity index (χ2n) is 9.38. The van der Waals surface area contributed by atoms with E-state index >= 15 is 0 Å². The van der Waals surface area contributed by atoms with Gasteiger partial charge in [-0.25, -0.2) is 0 Å². The van der Waals surface area contributed by atoms with E-state index in [1.165, 1.54) is 0 Å². The number of rotatable bonds is 6. The first-order valence-corrected chi connectivity index (χ1v) is 10.2. The minimum atomic E-state index is -0.981. The predicted octanol–water partition coefficient (Wildman–Crippen LogP) is 5.99. The van der Waals surface area contributed by atoms with Crippen molar-refractivity contribution in [2.24, 2.45) is 0 Å². The molecule has 0 saturated carbocycles. The Morgan fingerprint density at radius 2 is 1.29 bits per heavy atom. The van der Waals surface area contributed by atoms with Crippen LogP contribution in [0.1, 0.15) is 47.3 Å². The van der Waals surface area contributed by atoms with Gasteiger partial charge < -0.3 is 19.1 Å². The third-order valence-corrected chi connectivity index (χ3v) is 4.19. The van der Waals surface area contributed by atoms with Crippen LogP contribution in [0.2, 0.25) is 0 Å². The molecule has 3 rings (SSSR count). The number of hydrogen-bond acceptors (Lipinski definition) is 5. The average Bonchev–Trinajstić information content (AvgIpc) is 3.03. The molecule has 6 heteroatoms. The number of aromatic nitrogens is 1. The summed E-state index contributed by atoms with van der Waals surface area (Å²) in [6.45, 7) is 11.9. The molecule has 1 N–H and O–H groups in total. The minimum Gasteiger partial charge on any atom is -0.488 e. The van der Waals surface area contributed by atoms with Gasteiger partial charge in [-0.3, -0.25) is 4.79 Å². The number of aliphatic carboxylic acids is 1. The summed E-state index contributed by atoms with van der Waals surface area (Å²) in [5.74, 6) is 0.807. The first-order chi connectivity index (χ1) is 14.4. The van der Waals surface area contributed by atoms with Crippen LogP contribution in [-0.2, 0) is 11.2 Å². The number of carboxylic acids is 1. The van der Waals surface area contributed by atoms with Crippen molar-refractivity contribution in [2.45, 2.75) is 59.2 Å². The highest BCUT2D eigenvalue weighted by Crippen LogP contribution is 2.36. The maximum atomic E-state index is 11.4. The summed E-state index contributed by atoms with van der Waals surface area (Å²) >= 11 is 0. The number of nitrogens with zero attached hydrogens (tertiary/aromatic N) is 1. The van der Waals surface area contributed by atoms with E-state index in [-0.39, 0.29) is 17.6 Å². The Balaban J connectivity index is 1.99. The molecule has 0 aliphatic carbocycles. The highest BCUT2D eigenvalue weighted by molar-refractivity contribution is 5.85. The van der Waals surface area contributed by atoms with E-state index in [0.29, 0.717) is 17.0 Å². The lowest BCUT2D eigenvalue weighted by molar-refractivity contribution is -0.136. The standard InChI is InChI=1S/C25H29NO5/c1-24(2,3)29-18-11-7-16(8-12-18)22-20(15-21(27)28)31-26-23(22)17-9-13-19(14-10-17)30-25(4,5)6/h7-14H,15H2,1-6H3,(H,27,28). The van der Waals surface area contributed by atoms with E-state index in [1.807, 2.05) is 90.1 Å². The van der Waals surface area contributed by atoms with E-state index in [4.69, 9.17) is 14.0 Å². The maximum Gasteiger partial charge on any atom is 0.311 e. The van der Waals surface area contributed by atoms with Gasteiger partial charge in [-0.1, -0.05) is 17.3 Å². The van der Waals surface area contributed by atoms with Crippen molar-refractivity contribution in [1.82, 2.24) is 5.16 Å². The topological polar surface area (TPSA) is 81.8 Å². The molecule has 1 heterocycles. The molecule has 0 aliphatic rings. The van der Waals surface area contributed by atoms with Crippen LogP contribution in [0.3, 0.4) is 0 Å². The highest BCUT2D eigenvalue weighted by Gasteiger charge is 2.22. The van der Waals surface area contributed by atoms with Crippen molar-refractivity contribution in [3.63, 3.8) is 0 Å². The third-order valence-electron chi connectivity index (χ3n) is 4.19. The molecule has 0 aliphatic heterocycles. The second kappa shape index (κ2) is 8.46. The molecule has 0 spiro atoms. The van der Waals surface area contributed by atoms with Gasteiger partial charge in [-0.2, -0.15) is 0 Å². The summed E-state index contributed by atoms with van der Waals surface area (Å²) in [4.78, 5) is 11.4. The van der Waals surface area contributed by atoms with Crippen LogP contribution in [-0.4, -0.2) is 27.4 Å². The summed E-state index contributed by atoms with van der Waals surface area (Å²) in [5, 5.41) is 13.5. The molecule has 0 amide bonds. The zero-order valence-electron chi connectivity index (χ0n) is 18.9. The van der Waals surface area contributed by atoms with Crippen LogP contribution in [0, 0.1) is 0 Å². The summed E-state index contributed by atoms with van der Waals surface area (Å²) in [6.07, 6.45) is -0.256. The van der Waals surface area contributed by atoms with Gasteiger partial charge in [0.25, 0.3) is 0 Å². The molecular formula is C25H29NO5. The summed E-state index contributed by atoms with van der Waals surface area (Å²) in [5.41, 5.74) is 2.26. The van der Waals surface area contributed by atoms with Crippen LogP contribution in [0.25, 0.3) is 22.4 Å². The van der Waals surface area contributed by atoms with Crippen molar-refractivity contribution < 1.29 is 23.9 Å². The second-order valence-corrected chi connectivity index (χ2v) is 9.38. The Labute approximate surface area is 182 Å². The molecule has 0 bridgehead atoms. The first-order valence-electron chi connectivity index (χ1n) is 10.2. The van der Waals surface area contributed by atoms with Crippen molar-refractivity contribution in [2.75, 3.05) is 0 Å². The monoisotopic (exact) mass is 423 g/mol. The Morgan fingerprint density at radius 3 is 1.71 bits per heavy atom. The van der Waals surface area contributed by atoms with Crippen LogP contribution in [0.15, 0.2) is 53.1 Å². The van der Waals surface area contributed by atoms with Crippen molar-refractivity contribution in [1.29, 1.82) is 0 Å². The van der Waals surface area contributed by atoms with E-state index < -0.39 is 5.97 Å². The third kappa shape index (κ3) is 6.10. The smallest absolute Gasteiger partial charge is 0.311 e. The summed E-state index contributed by atoms with van der Waals surface area (Å²) < 4.78 is 17.2. The maximum absolute atomic E-state index is 11.4. The fraction of sp³-hybridized carbons (Fsp3) is 0.360. The average molecular weight is 424 g/mol. The number of carbonyl (C=O) groups is 1. The minimum absolute atomic E-state index is 0.256. The van der Waals surface area contributed by atoms with Gasteiger partial charge in [0.05, 0.1) is 5.56 Å². The molecule has 0 atom stereocenters. The molecular weight excluding hydrogens is 394 g/mol. The molecule has 6 nitrogen and oxygen atoms in total. The number of hydrogen-bond donors (Lipinski definition) is 1. The Kier molecular flexibility index (Phi) is 6.11. The van der Waals surface area contributed by atoms with E-state index in [0.717, 1.165) is 22.6 Å². The van der Waals surface area contributed by atoms with Crippen LogP contribution < -0.4 is 9.47 Å². The first kappa shape index (κ1) is 22.4. The van der Waals surface area contributed by atoms with Crippen molar-refractivity contribution in [3.05, 3.63) is 54.3 Å². The van der Waals surface area contributed by atoms with Gasteiger partial charge in [-0.15, -0.1) is 0 Å². The summed E-state index contributed by atoms with van der Waals surface area (Å²) in [7, 11) is 0. The van der Waals surface area contributed by atoms with Gasteiger partial charge in [0.1, 0.15) is 34.8 Å².